The second-order valence-corrected chi connectivity index (χ2v) is 4.73. The summed E-state index contributed by atoms with van der Waals surface area (Å²) in [6.07, 6.45) is 3.36. The summed E-state index contributed by atoms with van der Waals surface area (Å²) in [5, 5.41) is 1.12. The van der Waals surface area contributed by atoms with Gasteiger partial charge in [-0.05, 0) is 18.6 Å². The number of benzene rings is 1. The highest BCUT2D eigenvalue weighted by atomic mass is 14.9. The first kappa shape index (κ1) is 12.5. The van der Waals surface area contributed by atoms with Gasteiger partial charge in [0.25, 0.3) is 0 Å². The topological polar surface area (TPSA) is 64.7 Å². The molecule has 3 rings (SSSR count). The van der Waals surface area contributed by atoms with E-state index < -0.39 is 0 Å². The van der Waals surface area contributed by atoms with E-state index in [4.69, 9.17) is 5.73 Å². The van der Waals surface area contributed by atoms with Gasteiger partial charge in [0.1, 0.15) is 12.1 Å². The van der Waals surface area contributed by atoms with Crippen molar-refractivity contribution in [3.05, 3.63) is 48.3 Å². The molecule has 0 aliphatic rings. The van der Waals surface area contributed by atoms with Crippen LogP contribution in [-0.2, 0) is 6.42 Å². The van der Waals surface area contributed by atoms with Crippen molar-refractivity contribution in [1.29, 1.82) is 0 Å². The second-order valence-electron chi connectivity index (χ2n) is 4.73. The molecular formula is C16H16N4. The van der Waals surface area contributed by atoms with Crippen LogP contribution in [0.2, 0.25) is 0 Å². The van der Waals surface area contributed by atoms with Crippen LogP contribution in [0.5, 0.6) is 0 Å². The number of nitrogens with zero attached hydrogens (tertiary/aromatic N) is 3. The normalized spacial score (nSPS) is 10.8. The first-order chi connectivity index (χ1) is 9.79. The summed E-state index contributed by atoms with van der Waals surface area (Å²) in [4.78, 5) is 13.2. The van der Waals surface area contributed by atoms with Crippen molar-refractivity contribution in [3.8, 4) is 11.4 Å². The van der Waals surface area contributed by atoms with Gasteiger partial charge in [0.2, 0.25) is 0 Å². The molecule has 2 heterocycles. The minimum absolute atomic E-state index is 0.548. The Morgan fingerprint density at radius 3 is 2.75 bits per heavy atom. The lowest BCUT2D eigenvalue weighted by Gasteiger charge is -2.09. The lowest BCUT2D eigenvalue weighted by Crippen LogP contribution is -2.03. The molecule has 0 fully saturated rings. The third kappa shape index (κ3) is 2.20. The number of nitrogen functional groups attached to an aromatic ring is 1. The van der Waals surface area contributed by atoms with Crippen molar-refractivity contribution in [2.24, 2.45) is 0 Å². The zero-order valence-corrected chi connectivity index (χ0v) is 11.4. The van der Waals surface area contributed by atoms with Gasteiger partial charge in [-0.15, -0.1) is 0 Å². The van der Waals surface area contributed by atoms with Gasteiger partial charge in [-0.2, -0.15) is 0 Å². The Bertz CT molecular complexity index is 752. The molecule has 0 aliphatic carbocycles. The Morgan fingerprint density at radius 1 is 1.05 bits per heavy atom. The lowest BCUT2D eigenvalue weighted by atomic mass is 10.1. The zero-order valence-electron chi connectivity index (χ0n) is 11.4. The highest BCUT2D eigenvalue weighted by Gasteiger charge is 2.12. The molecule has 4 heteroatoms. The van der Waals surface area contributed by atoms with E-state index in [0.717, 1.165) is 40.7 Å². The summed E-state index contributed by atoms with van der Waals surface area (Å²) in [5.74, 6) is 0.548. The van der Waals surface area contributed by atoms with E-state index in [1.54, 1.807) is 0 Å². The molecule has 0 amide bonds. The standard InChI is InChI=1S/C16H16N4/c1-2-5-12-15(18-10-19-16(12)17)14-9-8-11-6-3-4-7-13(11)20-14/h3-4,6-10H,2,5H2,1H3,(H2,17,18,19). The summed E-state index contributed by atoms with van der Waals surface area (Å²) < 4.78 is 0. The Kier molecular flexibility index (Phi) is 3.29. The molecule has 0 atom stereocenters. The van der Waals surface area contributed by atoms with Crippen LogP contribution in [-0.4, -0.2) is 15.0 Å². The van der Waals surface area contributed by atoms with Gasteiger partial charge in [0.05, 0.1) is 16.9 Å². The van der Waals surface area contributed by atoms with Crippen LogP contribution in [0.3, 0.4) is 0 Å². The highest BCUT2D eigenvalue weighted by Crippen LogP contribution is 2.25. The predicted molar refractivity (Wildman–Crippen MR) is 81.2 cm³/mol. The summed E-state index contributed by atoms with van der Waals surface area (Å²) in [6, 6.07) is 12.1. The zero-order chi connectivity index (χ0) is 13.9. The smallest absolute Gasteiger partial charge is 0.130 e. The van der Waals surface area contributed by atoms with Crippen molar-refractivity contribution in [3.63, 3.8) is 0 Å². The molecule has 1 aromatic carbocycles. The number of pyridine rings is 1. The monoisotopic (exact) mass is 264 g/mol. The van der Waals surface area contributed by atoms with Gasteiger partial charge in [-0.25, -0.2) is 15.0 Å². The first-order valence-electron chi connectivity index (χ1n) is 6.75. The van der Waals surface area contributed by atoms with Crippen LogP contribution in [0.25, 0.3) is 22.3 Å². The van der Waals surface area contributed by atoms with E-state index in [1.807, 2.05) is 30.3 Å². The fourth-order valence-corrected chi connectivity index (χ4v) is 2.34. The number of anilines is 1. The van der Waals surface area contributed by atoms with E-state index in [1.165, 1.54) is 6.33 Å². The van der Waals surface area contributed by atoms with Crippen molar-refractivity contribution >= 4 is 16.7 Å². The van der Waals surface area contributed by atoms with E-state index in [9.17, 15) is 0 Å². The van der Waals surface area contributed by atoms with Crippen LogP contribution in [0.1, 0.15) is 18.9 Å². The minimum atomic E-state index is 0.548. The van der Waals surface area contributed by atoms with Crippen molar-refractivity contribution < 1.29 is 0 Å². The maximum absolute atomic E-state index is 5.98. The molecule has 20 heavy (non-hydrogen) atoms. The van der Waals surface area contributed by atoms with Crippen molar-refractivity contribution in [1.82, 2.24) is 15.0 Å². The predicted octanol–water partition coefficient (Wildman–Crippen LogP) is 3.23. The third-order valence-electron chi connectivity index (χ3n) is 3.32. The lowest BCUT2D eigenvalue weighted by molar-refractivity contribution is 0.907. The van der Waals surface area contributed by atoms with Crippen molar-refractivity contribution in [2.75, 3.05) is 5.73 Å². The molecule has 2 N–H and O–H groups in total. The third-order valence-corrected chi connectivity index (χ3v) is 3.32. The maximum atomic E-state index is 5.98. The Hall–Kier alpha value is -2.49. The van der Waals surface area contributed by atoms with E-state index >= 15 is 0 Å². The highest BCUT2D eigenvalue weighted by molar-refractivity contribution is 5.81. The quantitative estimate of drug-likeness (QED) is 0.788. The Labute approximate surface area is 117 Å². The number of hydrogen-bond acceptors (Lipinski definition) is 4. The minimum Gasteiger partial charge on any atom is -0.383 e. The van der Waals surface area contributed by atoms with Crippen LogP contribution < -0.4 is 5.73 Å². The van der Waals surface area contributed by atoms with Gasteiger partial charge in [0, 0.05) is 10.9 Å². The van der Waals surface area contributed by atoms with Gasteiger partial charge in [0.15, 0.2) is 0 Å². The Morgan fingerprint density at radius 2 is 1.90 bits per heavy atom. The average molecular weight is 264 g/mol. The number of para-hydroxylation sites is 1. The Balaban J connectivity index is 2.17. The van der Waals surface area contributed by atoms with Crippen LogP contribution >= 0.6 is 0 Å². The number of aromatic nitrogens is 3. The van der Waals surface area contributed by atoms with E-state index in [2.05, 4.69) is 27.9 Å². The largest absolute Gasteiger partial charge is 0.383 e. The number of rotatable bonds is 3. The first-order valence-corrected chi connectivity index (χ1v) is 6.75. The molecule has 0 saturated carbocycles. The molecule has 4 nitrogen and oxygen atoms in total. The molecule has 0 radical (unpaired) electrons. The summed E-state index contributed by atoms with van der Waals surface area (Å²) in [5.41, 5.74) is 9.61. The van der Waals surface area contributed by atoms with Gasteiger partial charge in [-0.1, -0.05) is 37.6 Å². The second kappa shape index (κ2) is 5.25. The average Bonchev–Trinajstić information content (AvgIpc) is 2.49. The maximum Gasteiger partial charge on any atom is 0.130 e. The fourth-order valence-electron chi connectivity index (χ4n) is 2.34. The molecular weight excluding hydrogens is 248 g/mol. The number of nitrogens with two attached hydrogens (primary N) is 1. The molecule has 0 unspecified atom stereocenters. The fraction of sp³-hybridized carbons (Fsp3) is 0.188. The molecule has 0 bridgehead atoms. The SMILES string of the molecule is CCCc1c(N)ncnc1-c1ccc2ccccc2n1. The molecule has 3 aromatic rings. The summed E-state index contributed by atoms with van der Waals surface area (Å²) >= 11 is 0. The van der Waals surface area contributed by atoms with Crippen LogP contribution in [0, 0.1) is 0 Å². The van der Waals surface area contributed by atoms with Gasteiger partial charge < -0.3 is 5.73 Å². The molecule has 0 spiro atoms. The van der Waals surface area contributed by atoms with Gasteiger partial charge in [-0.3, -0.25) is 0 Å². The van der Waals surface area contributed by atoms with E-state index in [0.29, 0.717) is 5.82 Å². The number of fused-ring (bicyclic) bond motifs is 1. The molecule has 100 valence electrons. The summed E-state index contributed by atoms with van der Waals surface area (Å²) in [6.45, 7) is 2.12. The van der Waals surface area contributed by atoms with Gasteiger partial charge >= 0.3 is 0 Å². The molecule has 0 aliphatic heterocycles. The molecule has 0 saturated heterocycles. The van der Waals surface area contributed by atoms with Crippen LogP contribution in [0.4, 0.5) is 5.82 Å². The molecule has 2 aromatic heterocycles. The van der Waals surface area contributed by atoms with E-state index in [-0.39, 0.29) is 0 Å². The number of hydrogen-bond donors (Lipinski definition) is 1. The van der Waals surface area contributed by atoms with Crippen molar-refractivity contribution in [2.45, 2.75) is 19.8 Å². The van der Waals surface area contributed by atoms with Crippen LogP contribution in [0.15, 0.2) is 42.7 Å². The summed E-state index contributed by atoms with van der Waals surface area (Å²) in [7, 11) is 0.